The number of hydrogen-bond acceptors (Lipinski definition) is 6. The number of carbonyl (C=O) groups is 2. The zero-order valence-electron chi connectivity index (χ0n) is 15.4. The van der Waals surface area contributed by atoms with Crippen LogP contribution >= 0.6 is 11.8 Å². The van der Waals surface area contributed by atoms with Gasteiger partial charge in [-0.25, -0.2) is 9.18 Å². The SMILES string of the molecule is CC(=O)CSc1ccccc1C(=O)OCc1noc(-c2ccc(F)cc2)c1C. The number of ketones is 1. The lowest BCUT2D eigenvalue weighted by atomic mass is 10.1. The van der Waals surface area contributed by atoms with Gasteiger partial charge in [0.25, 0.3) is 0 Å². The third-order valence-corrected chi connectivity index (χ3v) is 5.22. The molecule has 144 valence electrons. The van der Waals surface area contributed by atoms with Gasteiger partial charge in [0.2, 0.25) is 0 Å². The monoisotopic (exact) mass is 399 g/mol. The second kappa shape index (κ2) is 8.84. The van der Waals surface area contributed by atoms with Gasteiger partial charge >= 0.3 is 5.97 Å². The number of rotatable bonds is 7. The molecule has 0 saturated heterocycles. The molecule has 5 nitrogen and oxygen atoms in total. The molecule has 3 rings (SSSR count). The van der Waals surface area contributed by atoms with E-state index in [1.54, 1.807) is 43.3 Å². The summed E-state index contributed by atoms with van der Waals surface area (Å²) in [6.45, 7) is 3.25. The molecule has 0 aliphatic rings. The summed E-state index contributed by atoms with van der Waals surface area (Å²) in [5, 5.41) is 3.97. The standard InChI is InChI=1S/C21H18FNO4S/c1-13(24)12-28-19-6-4-3-5-17(19)21(25)26-11-18-14(2)20(27-23-18)15-7-9-16(22)10-8-15/h3-10H,11-12H2,1-2H3. The van der Waals surface area contributed by atoms with Gasteiger partial charge in [0.05, 0.1) is 11.3 Å². The van der Waals surface area contributed by atoms with Crippen LogP contribution in [0, 0.1) is 12.7 Å². The topological polar surface area (TPSA) is 69.4 Å². The molecule has 7 heteroatoms. The molecule has 3 aromatic rings. The minimum atomic E-state index is -0.502. The lowest BCUT2D eigenvalue weighted by Gasteiger charge is -2.08. The maximum atomic E-state index is 13.1. The van der Waals surface area contributed by atoms with Crippen molar-refractivity contribution in [3.8, 4) is 11.3 Å². The normalized spacial score (nSPS) is 10.7. The van der Waals surface area contributed by atoms with Gasteiger partial charge in [-0.2, -0.15) is 0 Å². The average Bonchev–Trinajstić information content (AvgIpc) is 3.06. The molecule has 0 aliphatic heterocycles. The first-order valence-electron chi connectivity index (χ1n) is 8.55. The Hall–Kier alpha value is -2.93. The fraction of sp³-hybridized carbons (Fsp3) is 0.190. The number of esters is 1. The number of carbonyl (C=O) groups excluding carboxylic acids is 2. The summed E-state index contributed by atoms with van der Waals surface area (Å²) in [5.74, 6) is -0.0230. The predicted octanol–water partition coefficient (Wildman–Crippen LogP) is 4.83. The summed E-state index contributed by atoms with van der Waals surface area (Å²) in [7, 11) is 0. The number of thioether (sulfide) groups is 1. The number of halogens is 1. The fourth-order valence-electron chi connectivity index (χ4n) is 2.53. The van der Waals surface area contributed by atoms with E-state index in [2.05, 4.69) is 5.16 Å². The first kappa shape index (κ1) is 19.8. The molecular weight excluding hydrogens is 381 g/mol. The van der Waals surface area contributed by atoms with Crippen LogP contribution in [0.15, 0.2) is 57.9 Å². The molecule has 28 heavy (non-hydrogen) atoms. The van der Waals surface area contributed by atoms with E-state index < -0.39 is 5.97 Å². The molecule has 0 bridgehead atoms. The summed E-state index contributed by atoms with van der Waals surface area (Å²) < 4.78 is 23.8. The second-order valence-electron chi connectivity index (χ2n) is 6.15. The Balaban J connectivity index is 1.70. The third-order valence-electron chi connectivity index (χ3n) is 4.00. The minimum absolute atomic E-state index is 0.0275. The summed E-state index contributed by atoms with van der Waals surface area (Å²) in [6.07, 6.45) is 0. The zero-order chi connectivity index (χ0) is 20.1. The van der Waals surface area contributed by atoms with Crippen molar-refractivity contribution >= 4 is 23.5 Å². The number of benzene rings is 2. The van der Waals surface area contributed by atoms with Gasteiger partial charge in [0.15, 0.2) is 5.76 Å². The van der Waals surface area contributed by atoms with E-state index in [1.807, 2.05) is 0 Å². The van der Waals surface area contributed by atoms with Crippen molar-refractivity contribution in [3.05, 3.63) is 71.2 Å². The number of Topliss-reactive ketones (excluding diaryl/α,β-unsaturated/α-hetero) is 1. The van der Waals surface area contributed by atoms with Gasteiger partial charge in [0.1, 0.15) is 23.9 Å². The highest BCUT2D eigenvalue weighted by atomic mass is 32.2. The summed E-state index contributed by atoms with van der Waals surface area (Å²) >= 11 is 1.30. The Bertz CT molecular complexity index is 998. The Labute approximate surface area is 165 Å². The summed E-state index contributed by atoms with van der Waals surface area (Å²) in [6, 6.07) is 12.8. The van der Waals surface area contributed by atoms with Gasteiger partial charge in [-0.05, 0) is 50.2 Å². The van der Waals surface area contributed by atoms with Crippen LogP contribution in [-0.2, 0) is 16.1 Å². The smallest absolute Gasteiger partial charge is 0.339 e. The molecule has 0 spiro atoms. The second-order valence-corrected chi connectivity index (χ2v) is 7.17. The van der Waals surface area contributed by atoms with E-state index in [0.29, 0.717) is 27.5 Å². The summed E-state index contributed by atoms with van der Waals surface area (Å²) in [5.41, 5.74) is 2.30. The van der Waals surface area contributed by atoms with Crippen LogP contribution in [0.25, 0.3) is 11.3 Å². The number of aromatic nitrogens is 1. The molecule has 0 radical (unpaired) electrons. The fourth-order valence-corrected chi connectivity index (χ4v) is 3.37. The molecule has 0 atom stereocenters. The van der Waals surface area contributed by atoms with Crippen molar-refractivity contribution in [3.63, 3.8) is 0 Å². The van der Waals surface area contributed by atoms with Crippen LogP contribution in [-0.4, -0.2) is 22.7 Å². The first-order chi connectivity index (χ1) is 13.5. The van der Waals surface area contributed by atoms with Crippen molar-refractivity contribution in [2.24, 2.45) is 0 Å². The molecule has 0 amide bonds. The quantitative estimate of drug-likeness (QED) is 0.419. The van der Waals surface area contributed by atoms with Crippen LogP contribution < -0.4 is 0 Å². The van der Waals surface area contributed by atoms with Gasteiger partial charge in [0, 0.05) is 16.0 Å². The molecule has 0 saturated carbocycles. The largest absolute Gasteiger partial charge is 0.455 e. The number of ether oxygens (including phenoxy) is 1. The molecule has 0 N–H and O–H groups in total. The van der Waals surface area contributed by atoms with Gasteiger partial charge < -0.3 is 9.26 Å². The van der Waals surface area contributed by atoms with E-state index >= 15 is 0 Å². The van der Waals surface area contributed by atoms with Crippen LogP contribution in [0.4, 0.5) is 4.39 Å². The van der Waals surface area contributed by atoms with Crippen molar-refractivity contribution in [2.45, 2.75) is 25.3 Å². The van der Waals surface area contributed by atoms with Crippen molar-refractivity contribution in [1.29, 1.82) is 0 Å². The maximum Gasteiger partial charge on any atom is 0.339 e. The Morgan fingerprint density at radius 1 is 1.14 bits per heavy atom. The van der Waals surface area contributed by atoms with E-state index in [1.165, 1.54) is 30.8 Å². The zero-order valence-corrected chi connectivity index (χ0v) is 16.2. The van der Waals surface area contributed by atoms with Gasteiger partial charge in [-0.1, -0.05) is 17.3 Å². The van der Waals surface area contributed by atoms with Crippen LogP contribution in [0.1, 0.15) is 28.5 Å². The molecule has 0 aliphatic carbocycles. The number of hydrogen-bond donors (Lipinski definition) is 0. The molecular formula is C21H18FNO4S. The highest BCUT2D eigenvalue weighted by molar-refractivity contribution is 8.00. The maximum absolute atomic E-state index is 13.1. The summed E-state index contributed by atoms with van der Waals surface area (Å²) in [4.78, 5) is 24.4. The van der Waals surface area contributed by atoms with Crippen molar-refractivity contribution in [1.82, 2.24) is 5.16 Å². The van der Waals surface area contributed by atoms with Crippen LogP contribution in [0.2, 0.25) is 0 Å². The van der Waals surface area contributed by atoms with E-state index in [4.69, 9.17) is 9.26 Å². The van der Waals surface area contributed by atoms with Crippen molar-refractivity contribution < 1.29 is 23.2 Å². The lowest BCUT2D eigenvalue weighted by Crippen LogP contribution is -2.08. The highest BCUT2D eigenvalue weighted by Gasteiger charge is 2.18. The third kappa shape index (κ3) is 4.67. The predicted molar refractivity (Wildman–Crippen MR) is 104 cm³/mol. The van der Waals surface area contributed by atoms with Gasteiger partial charge in [-0.3, -0.25) is 4.79 Å². The Kier molecular flexibility index (Phi) is 6.26. The van der Waals surface area contributed by atoms with Crippen LogP contribution in [0.5, 0.6) is 0 Å². The minimum Gasteiger partial charge on any atom is -0.455 e. The lowest BCUT2D eigenvalue weighted by molar-refractivity contribution is -0.114. The molecule has 1 aromatic heterocycles. The molecule has 0 fully saturated rings. The average molecular weight is 399 g/mol. The van der Waals surface area contributed by atoms with E-state index in [9.17, 15) is 14.0 Å². The first-order valence-corrected chi connectivity index (χ1v) is 9.53. The molecule has 2 aromatic carbocycles. The Morgan fingerprint density at radius 3 is 2.57 bits per heavy atom. The van der Waals surface area contributed by atoms with Crippen molar-refractivity contribution in [2.75, 3.05) is 5.75 Å². The number of nitrogens with zero attached hydrogens (tertiary/aromatic N) is 1. The molecule has 1 heterocycles. The Morgan fingerprint density at radius 2 is 1.86 bits per heavy atom. The van der Waals surface area contributed by atoms with E-state index in [0.717, 1.165) is 5.56 Å². The van der Waals surface area contributed by atoms with Crippen LogP contribution in [0.3, 0.4) is 0 Å². The highest BCUT2D eigenvalue weighted by Crippen LogP contribution is 2.27. The van der Waals surface area contributed by atoms with Gasteiger partial charge in [-0.15, -0.1) is 11.8 Å². The molecule has 0 unspecified atom stereocenters. The van der Waals surface area contributed by atoms with E-state index in [-0.39, 0.29) is 24.0 Å².